The fourth-order valence-electron chi connectivity index (χ4n) is 2.09. The summed E-state index contributed by atoms with van der Waals surface area (Å²) in [6.45, 7) is 5.98. The Balaban J connectivity index is 1.86. The molecule has 0 bridgehead atoms. The number of imidazole rings is 1. The van der Waals surface area contributed by atoms with E-state index in [1.165, 1.54) is 5.56 Å². The molecule has 0 aliphatic rings. The van der Waals surface area contributed by atoms with E-state index in [4.69, 9.17) is 5.11 Å². The van der Waals surface area contributed by atoms with Crippen molar-refractivity contribution in [3.63, 3.8) is 0 Å². The fourth-order valence-corrected chi connectivity index (χ4v) is 2.09. The Morgan fingerprint density at radius 3 is 2.84 bits per heavy atom. The highest BCUT2D eigenvalue weighted by atomic mass is 16.3. The van der Waals surface area contributed by atoms with Gasteiger partial charge in [-0.15, -0.1) is 0 Å². The molecule has 4 heteroatoms. The zero-order chi connectivity index (χ0) is 13.7. The van der Waals surface area contributed by atoms with Crippen LogP contribution >= 0.6 is 0 Å². The van der Waals surface area contributed by atoms with Crippen molar-refractivity contribution in [2.24, 2.45) is 0 Å². The van der Waals surface area contributed by atoms with Crippen molar-refractivity contribution in [3.05, 3.63) is 53.6 Å². The molecule has 2 N–H and O–H groups in total. The predicted molar refractivity (Wildman–Crippen MR) is 75.6 cm³/mol. The molecule has 0 fully saturated rings. The van der Waals surface area contributed by atoms with Gasteiger partial charge in [0.2, 0.25) is 0 Å². The van der Waals surface area contributed by atoms with Crippen LogP contribution in [0, 0.1) is 6.92 Å². The van der Waals surface area contributed by atoms with E-state index < -0.39 is 0 Å². The van der Waals surface area contributed by atoms with Gasteiger partial charge in [0.05, 0.1) is 6.61 Å². The summed E-state index contributed by atoms with van der Waals surface area (Å²) in [5.41, 5.74) is 2.15. The highest BCUT2D eigenvalue weighted by Gasteiger charge is 2.04. The van der Waals surface area contributed by atoms with Crippen LogP contribution in [0.4, 0.5) is 0 Å². The van der Waals surface area contributed by atoms with E-state index in [0.717, 1.165) is 24.5 Å². The zero-order valence-electron chi connectivity index (χ0n) is 11.5. The normalized spacial score (nSPS) is 12.6. The molecule has 102 valence electrons. The minimum Gasteiger partial charge on any atom is -0.392 e. The molecular formula is C15H21N3O. The highest BCUT2D eigenvalue weighted by molar-refractivity contribution is 5.22. The molecule has 1 unspecified atom stereocenters. The summed E-state index contributed by atoms with van der Waals surface area (Å²) in [7, 11) is 0. The maximum Gasteiger partial charge on any atom is 0.105 e. The average Bonchev–Trinajstić information content (AvgIpc) is 2.82. The van der Waals surface area contributed by atoms with E-state index in [1.54, 1.807) is 0 Å². The van der Waals surface area contributed by atoms with Crippen molar-refractivity contribution in [1.29, 1.82) is 0 Å². The number of nitrogens with zero attached hydrogens (tertiary/aromatic N) is 2. The SMILES string of the molecule is Cc1nccn1CC(C)NCc1cccc(CO)c1. The van der Waals surface area contributed by atoms with Gasteiger partial charge in [-0.2, -0.15) is 0 Å². The number of benzene rings is 1. The Labute approximate surface area is 114 Å². The van der Waals surface area contributed by atoms with Gasteiger partial charge in [0, 0.05) is 31.5 Å². The minimum absolute atomic E-state index is 0.0949. The van der Waals surface area contributed by atoms with Crippen LogP contribution in [0.1, 0.15) is 23.9 Å². The summed E-state index contributed by atoms with van der Waals surface area (Å²) in [5.74, 6) is 1.04. The first kappa shape index (κ1) is 13.8. The first-order chi connectivity index (χ1) is 9.19. The molecular weight excluding hydrogens is 238 g/mol. The van der Waals surface area contributed by atoms with Crippen LogP contribution < -0.4 is 5.32 Å². The van der Waals surface area contributed by atoms with Crippen LogP contribution in [-0.2, 0) is 19.7 Å². The van der Waals surface area contributed by atoms with E-state index in [0.29, 0.717) is 6.04 Å². The first-order valence-corrected chi connectivity index (χ1v) is 6.59. The van der Waals surface area contributed by atoms with Gasteiger partial charge < -0.3 is 15.0 Å². The largest absolute Gasteiger partial charge is 0.392 e. The summed E-state index contributed by atoms with van der Waals surface area (Å²) >= 11 is 0. The standard InChI is InChI=1S/C15H21N3O/c1-12(10-18-7-6-16-13(18)2)17-9-14-4-3-5-15(8-14)11-19/h3-8,12,17,19H,9-11H2,1-2H3. The van der Waals surface area contributed by atoms with E-state index in [2.05, 4.69) is 27.9 Å². The summed E-state index contributed by atoms with van der Waals surface area (Å²) in [4.78, 5) is 4.22. The Morgan fingerprint density at radius 2 is 2.16 bits per heavy atom. The van der Waals surface area contributed by atoms with Crippen LogP contribution in [0.3, 0.4) is 0 Å². The molecule has 1 atom stereocenters. The predicted octanol–water partition coefficient (Wildman–Crippen LogP) is 1.86. The number of aliphatic hydroxyl groups excluding tert-OH is 1. The fraction of sp³-hybridized carbons (Fsp3) is 0.400. The third-order valence-corrected chi connectivity index (χ3v) is 3.22. The number of hydrogen-bond donors (Lipinski definition) is 2. The zero-order valence-corrected chi connectivity index (χ0v) is 11.5. The molecule has 0 radical (unpaired) electrons. The van der Waals surface area contributed by atoms with Gasteiger partial charge in [0.1, 0.15) is 5.82 Å². The first-order valence-electron chi connectivity index (χ1n) is 6.59. The summed E-state index contributed by atoms with van der Waals surface area (Å²) in [5, 5.41) is 12.6. The van der Waals surface area contributed by atoms with Crippen molar-refractivity contribution < 1.29 is 5.11 Å². The van der Waals surface area contributed by atoms with Gasteiger partial charge in [0.25, 0.3) is 0 Å². The third-order valence-electron chi connectivity index (χ3n) is 3.22. The quantitative estimate of drug-likeness (QED) is 0.832. The van der Waals surface area contributed by atoms with Crippen LogP contribution in [0.25, 0.3) is 0 Å². The molecule has 0 saturated heterocycles. The van der Waals surface area contributed by atoms with E-state index in [1.807, 2.05) is 37.5 Å². The Bertz CT molecular complexity index is 522. The van der Waals surface area contributed by atoms with Crippen molar-refractivity contribution in [2.45, 2.75) is 39.6 Å². The van der Waals surface area contributed by atoms with Gasteiger partial charge in [0.15, 0.2) is 0 Å². The Morgan fingerprint density at radius 1 is 1.37 bits per heavy atom. The highest BCUT2D eigenvalue weighted by Crippen LogP contribution is 2.06. The second-order valence-electron chi connectivity index (χ2n) is 4.89. The van der Waals surface area contributed by atoms with Crippen molar-refractivity contribution in [3.8, 4) is 0 Å². The van der Waals surface area contributed by atoms with Crippen molar-refractivity contribution in [1.82, 2.24) is 14.9 Å². The Kier molecular flexibility index (Phi) is 4.71. The monoisotopic (exact) mass is 259 g/mol. The molecule has 0 saturated carbocycles. The lowest BCUT2D eigenvalue weighted by Gasteiger charge is -2.15. The molecule has 4 nitrogen and oxygen atoms in total. The number of nitrogens with one attached hydrogen (secondary N) is 1. The lowest BCUT2D eigenvalue weighted by Crippen LogP contribution is -2.30. The molecule has 1 aromatic heterocycles. The third kappa shape index (κ3) is 3.91. The maximum absolute atomic E-state index is 9.11. The van der Waals surface area contributed by atoms with Gasteiger partial charge in [-0.1, -0.05) is 24.3 Å². The van der Waals surface area contributed by atoms with Gasteiger partial charge in [-0.05, 0) is 25.0 Å². The second kappa shape index (κ2) is 6.50. The number of aromatic nitrogens is 2. The second-order valence-corrected chi connectivity index (χ2v) is 4.89. The lowest BCUT2D eigenvalue weighted by atomic mass is 10.1. The van der Waals surface area contributed by atoms with Crippen molar-refractivity contribution >= 4 is 0 Å². The van der Waals surface area contributed by atoms with E-state index in [-0.39, 0.29) is 6.61 Å². The van der Waals surface area contributed by atoms with Gasteiger partial charge in [-0.3, -0.25) is 0 Å². The van der Waals surface area contributed by atoms with Gasteiger partial charge in [-0.25, -0.2) is 4.98 Å². The summed E-state index contributed by atoms with van der Waals surface area (Å²) < 4.78 is 2.14. The molecule has 1 aromatic carbocycles. The number of hydrogen-bond acceptors (Lipinski definition) is 3. The smallest absolute Gasteiger partial charge is 0.105 e. The van der Waals surface area contributed by atoms with Crippen LogP contribution in [0.15, 0.2) is 36.7 Å². The topological polar surface area (TPSA) is 50.1 Å². The number of aliphatic hydroxyl groups is 1. The van der Waals surface area contributed by atoms with E-state index >= 15 is 0 Å². The molecule has 0 aliphatic heterocycles. The molecule has 0 aliphatic carbocycles. The van der Waals surface area contributed by atoms with Crippen LogP contribution in [0.5, 0.6) is 0 Å². The number of rotatable bonds is 6. The van der Waals surface area contributed by atoms with Crippen LogP contribution in [0.2, 0.25) is 0 Å². The summed E-state index contributed by atoms with van der Waals surface area (Å²) in [6, 6.07) is 8.38. The minimum atomic E-state index is 0.0949. The average molecular weight is 259 g/mol. The Hall–Kier alpha value is -1.65. The molecule has 2 aromatic rings. The van der Waals surface area contributed by atoms with E-state index in [9.17, 15) is 0 Å². The van der Waals surface area contributed by atoms with Crippen molar-refractivity contribution in [2.75, 3.05) is 0 Å². The van der Waals surface area contributed by atoms with Gasteiger partial charge >= 0.3 is 0 Å². The lowest BCUT2D eigenvalue weighted by molar-refractivity contribution is 0.281. The molecule has 1 heterocycles. The summed E-state index contributed by atoms with van der Waals surface area (Å²) in [6.07, 6.45) is 3.83. The molecule has 0 amide bonds. The molecule has 0 spiro atoms. The number of aryl methyl sites for hydroxylation is 1. The van der Waals surface area contributed by atoms with Crippen LogP contribution in [-0.4, -0.2) is 20.7 Å². The maximum atomic E-state index is 9.11. The molecule has 2 rings (SSSR count). The molecule has 19 heavy (non-hydrogen) atoms.